The summed E-state index contributed by atoms with van der Waals surface area (Å²) in [5, 5.41) is 6.76. The predicted octanol–water partition coefficient (Wildman–Crippen LogP) is 3.84. The van der Waals surface area contributed by atoms with E-state index in [1.807, 2.05) is 32.6 Å². The third-order valence-corrected chi connectivity index (χ3v) is 5.53. The molecule has 8 nitrogen and oxygen atoms in total. The first-order valence-electron chi connectivity index (χ1n) is 11.9. The van der Waals surface area contributed by atoms with Crippen LogP contribution in [0.5, 0.6) is 0 Å². The number of guanidine groups is 1. The Morgan fingerprint density at radius 2 is 1.72 bits per heavy atom. The van der Waals surface area contributed by atoms with E-state index in [4.69, 9.17) is 4.74 Å². The Morgan fingerprint density at radius 1 is 1.12 bits per heavy atom. The second kappa shape index (κ2) is 15.6. The van der Waals surface area contributed by atoms with Gasteiger partial charge in [0.25, 0.3) is 0 Å². The average molecular weight is 568 g/mol. The monoisotopic (exact) mass is 567 g/mol. The molecule has 0 saturated carbocycles. The maximum absolute atomic E-state index is 12.6. The summed E-state index contributed by atoms with van der Waals surface area (Å²) in [7, 11) is 1.75. The number of nitrogens with zero attached hydrogens (tertiary/aromatic N) is 3. The largest absolute Gasteiger partial charge is 0.444 e. The molecule has 0 bridgehead atoms. The molecule has 1 aliphatic heterocycles. The van der Waals surface area contributed by atoms with Crippen LogP contribution in [0.1, 0.15) is 73.6 Å². The number of carbonyl (C=O) groups excluding carboxylic acids is 2. The lowest BCUT2D eigenvalue weighted by atomic mass is 9.98. The lowest BCUT2D eigenvalue weighted by molar-refractivity contribution is -0.136. The van der Waals surface area contributed by atoms with E-state index in [0.29, 0.717) is 25.5 Å². The van der Waals surface area contributed by atoms with Gasteiger partial charge in [0.1, 0.15) is 5.60 Å². The fraction of sp³-hybridized carbons (Fsp3) is 0.870. The van der Waals surface area contributed by atoms with E-state index in [2.05, 4.69) is 29.5 Å². The SMILES string of the molecule is CCCN(CCNC(=NC)NC1CCN(C(=O)C(CC)CC)CC1)C(=O)OC(C)(C)C.I. The zero-order valence-electron chi connectivity index (χ0n) is 21.2. The quantitative estimate of drug-likeness (QED) is 0.251. The number of halogens is 1. The number of aliphatic imine (C=N–C) groups is 1. The van der Waals surface area contributed by atoms with E-state index in [0.717, 1.165) is 51.2 Å². The van der Waals surface area contributed by atoms with Crippen molar-refractivity contribution in [3.63, 3.8) is 0 Å². The smallest absolute Gasteiger partial charge is 0.410 e. The summed E-state index contributed by atoms with van der Waals surface area (Å²) >= 11 is 0. The molecule has 1 rings (SSSR count). The van der Waals surface area contributed by atoms with Gasteiger partial charge < -0.3 is 25.2 Å². The van der Waals surface area contributed by atoms with Crippen LogP contribution in [-0.4, -0.2) is 79.2 Å². The minimum absolute atomic E-state index is 0. The molecule has 0 aliphatic carbocycles. The average Bonchev–Trinajstić information content (AvgIpc) is 2.72. The third kappa shape index (κ3) is 11.0. The molecule has 1 heterocycles. The van der Waals surface area contributed by atoms with Crippen molar-refractivity contribution >= 4 is 41.9 Å². The number of nitrogens with one attached hydrogen (secondary N) is 2. The molecule has 0 aromatic rings. The molecule has 1 saturated heterocycles. The predicted molar refractivity (Wildman–Crippen MR) is 142 cm³/mol. The maximum atomic E-state index is 12.6. The minimum atomic E-state index is -0.501. The first-order chi connectivity index (χ1) is 14.6. The van der Waals surface area contributed by atoms with E-state index < -0.39 is 5.60 Å². The summed E-state index contributed by atoms with van der Waals surface area (Å²) in [6.45, 7) is 15.2. The molecule has 0 atom stereocenters. The summed E-state index contributed by atoms with van der Waals surface area (Å²) in [6.07, 6.45) is 4.22. The molecule has 2 amide bonds. The second-order valence-corrected chi connectivity index (χ2v) is 9.22. The zero-order valence-corrected chi connectivity index (χ0v) is 23.5. The molecular weight excluding hydrogens is 521 g/mol. The van der Waals surface area contributed by atoms with Crippen LogP contribution in [0.3, 0.4) is 0 Å². The number of piperidine rings is 1. The Labute approximate surface area is 212 Å². The summed E-state index contributed by atoms with van der Waals surface area (Å²) in [6, 6.07) is 0.287. The van der Waals surface area contributed by atoms with Crippen molar-refractivity contribution in [3.05, 3.63) is 0 Å². The zero-order chi connectivity index (χ0) is 23.4. The molecule has 2 N–H and O–H groups in total. The number of ether oxygens (including phenoxy) is 1. The number of hydrogen-bond acceptors (Lipinski definition) is 4. The molecule has 1 aliphatic rings. The highest BCUT2D eigenvalue weighted by molar-refractivity contribution is 14.0. The highest BCUT2D eigenvalue weighted by Gasteiger charge is 2.27. The molecule has 0 spiro atoms. The van der Waals surface area contributed by atoms with Crippen molar-refractivity contribution in [1.29, 1.82) is 0 Å². The van der Waals surface area contributed by atoms with E-state index >= 15 is 0 Å². The minimum Gasteiger partial charge on any atom is -0.444 e. The van der Waals surface area contributed by atoms with Gasteiger partial charge in [-0.05, 0) is 52.9 Å². The molecule has 9 heteroatoms. The van der Waals surface area contributed by atoms with Crippen LogP contribution >= 0.6 is 24.0 Å². The highest BCUT2D eigenvalue weighted by atomic mass is 127. The van der Waals surface area contributed by atoms with Gasteiger partial charge in [0.2, 0.25) is 5.91 Å². The second-order valence-electron chi connectivity index (χ2n) is 9.22. The van der Waals surface area contributed by atoms with Crippen LogP contribution < -0.4 is 10.6 Å². The standard InChI is InChI=1S/C23H45N5O3.HI/c1-8-14-28(22(30)31-23(4,5)6)17-13-25-21(24-7)26-19-11-15-27(16-12-19)20(29)18(9-2)10-3;/h18-19H,8-17H2,1-7H3,(H2,24,25,26);1H. The number of likely N-dealkylation sites (tertiary alicyclic amines) is 1. The Balaban J connectivity index is 0.00000961. The summed E-state index contributed by atoms with van der Waals surface area (Å²) in [4.78, 5) is 33.0. The van der Waals surface area contributed by atoms with Crippen molar-refractivity contribution in [3.8, 4) is 0 Å². The topological polar surface area (TPSA) is 86.3 Å². The van der Waals surface area contributed by atoms with Gasteiger partial charge in [0.05, 0.1) is 0 Å². The Morgan fingerprint density at radius 3 is 2.19 bits per heavy atom. The molecule has 188 valence electrons. The van der Waals surface area contributed by atoms with Crippen LogP contribution in [0.25, 0.3) is 0 Å². The number of amides is 2. The molecule has 0 unspecified atom stereocenters. The normalized spacial score (nSPS) is 15.2. The summed E-state index contributed by atoms with van der Waals surface area (Å²) in [5.74, 6) is 1.17. The van der Waals surface area contributed by atoms with Crippen molar-refractivity contribution < 1.29 is 14.3 Å². The van der Waals surface area contributed by atoms with E-state index in [1.54, 1.807) is 11.9 Å². The Bertz CT molecular complexity index is 583. The molecular formula is C23H46IN5O3. The molecule has 0 aromatic carbocycles. The lowest BCUT2D eigenvalue weighted by Crippen LogP contribution is -2.51. The van der Waals surface area contributed by atoms with Crippen molar-refractivity contribution in [2.24, 2.45) is 10.9 Å². The fourth-order valence-corrected chi connectivity index (χ4v) is 3.73. The molecule has 1 fully saturated rings. The van der Waals surface area contributed by atoms with Gasteiger partial charge in [-0.25, -0.2) is 4.79 Å². The van der Waals surface area contributed by atoms with Crippen LogP contribution in [-0.2, 0) is 9.53 Å². The van der Waals surface area contributed by atoms with Gasteiger partial charge in [0.15, 0.2) is 5.96 Å². The van der Waals surface area contributed by atoms with Gasteiger partial charge in [-0.15, -0.1) is 24.0 Å². The van der Waals surface area contributed by atoms with Crippen LogP contribution in [0, 0.1) is 5.92 Å². The first-order valence-corrected chi connectivity index (χ1v) is 11.9. The number of carbonyl (C=O) groups is 2. The molecule has 32 heavy (non-hydrogen) atoms. The fourth-order valence-electron chi connectivity index (χ4n) is 3.73. The molecule has 0 aromatic heterocycles. The third-order valence-electron chi connectivity index (χ3n) is 5.53. The number of hydrogen-bond donors (Lipinski definition) is 2. The highest BCUT2D eigenvalue weighted by Crippen LogP contribution is 2.17. The lowest BCUT2D eigenvalue weighted by Gasteiger charge is -2.35. The van der Waals surface area contributed by atoms with Crippen molar-refractivity contribution in [1.82, 2.24) is 20.4 Å². The van der Waals surface area contributed by atoms with Gasteiger partial charge in [-0.2, -0.15) is 0 Å². The van der Waals surface area contributed by atoms with Gasteiger partial charge in [-0.3, -0.25) is 9.79 Å². The Kier molecular flexibility index (Phi) is 14.9. The Hall–Kier alpha value is -1.26. The van der Waals surface area contributed by atoms with Gasteiger partial charge in [-0.1, -0.05) is 20.8 Å². The molecule has 0 radical (unpaired) electrons. The van der Waals surface area contributed by atoms with Gasteiger partial charge >= 0.3 is 6.09 Å². The van der Waals surface area contributed by atoms with Crippen molar-refractivity contribution in [2.75, 3.05) is 39.8 Å². The summed E-state index contributed by atoms with van der Waals surface area (Å²) in [5.41, 5.74) is -0.501. The van der Waals surface area contributed by atoms with E-state index in [9.17, 15) is 9.59 Å². The van der Waals surface area contributed by atoms with E-state index in [-0.39, 0.29) is 42.0 Å². The maximum Gasteiger partial charge on any atom is 0.410 e. The van der Waals surface area contributed by atoms with Gasteiger partial charge in [0, 0.05) is 51.7 Å². The first kappa shape index (κ1) is 30.7. The summed E-state index contributed by atoms with van der Waals surface area (Å²) < 4.78 is 5.50. The van der Waals surface area contributed by atoms with Crippen molar-refractivity contribution in [2.45, 2.75) is 85.3 Å². The van der Waals surface area contributed by atoms with Crippen LogP contribution in [0.4, 0.5) is 4.79 Å². The van der Waals surface area contributed by atoms with Crippen LogP contribution in [0.2, 0.25) is 0 Å². The van der Waals surface area contributed by atoms with E-state index in [1.165, 1.54) is 0 Å². The number of rotatable bonds is 9. The van der Waals surface area contributed by atoms with Crippen LogP contribution in [0.15, 0.2) is 4.99 Å².